The zero-order chi connectivity index (χ0) is 16.7. The average Bonchev–Trinajstić information content (AvgIpc) is 2.99. The van der Waals surface area contributed by atoms with E-state index in [1.807, 2.05) is 13.0 Å². The summed E-state index contributed by atoms with van der Waals surface area (Å²) in [4.78, 5) is 16.6. The number of aliphatic hydroxyl groups excluding tert-OH is 1. The molecule has 0 spiro atoms. The Morgan fingerprint density at radius 3 is 2.83 bits per heavy atom. The number of carbonyl (C=O) groups excluding carboxylic acids is 1. The molecule has 128 valence electrons. The maximum absolute atomic E-state index is 12.4. The zero-order valence-corrected chi connectivity index (χ0v) is 14.2. The molecule has 2 amide bonds. The fourth-order valence-electron chi connectivity index (χ4n) is 3.04. The minimum absolute atomic E-state index is 0.00254. The number of hydrogen-bond donors (Lipinski definition) is 2. The molecule has 2 N–H and O–H groups in total. The molecule has 0 unspecified atom stereocenters. The molecule has 1 aromatic carbocycles. The van der Waals surface area contributed by atoms with Crippen molar-refractivity contribution in [2.45, 2.75) is 45.3 Å². The number of carbonyl (C=O) groups is 1. The summed E-state index contributed by atoms with van der Waals surface area (Å²) in [5.74, 6) is 0. The number of benzene rings is 1. The standard InChI is InChI=1S/C18H29N3O2/c1-3-15(2)21(11-12-22)18(23)19-17-9-10-20(14-17)13-16-7-5-4-6-8-16/h4-8,15,17,22H,3,9-14H2,1-2H3,(H,19,23)/t15-,17-/m0/s1. The fraction of sp³-hybridized carbons (Fsp3) is 0.611. The Kier molecular flexibility index (Phi) is 6.86. The first-order valence-electron chi connectivity index (χ1n) is 8.58. The summed E-state index contributed by atoms with van der Waals surface area (Å²) in [6, 6.07) is 10.7. The highest BCUT2D eigenvalue weighted by Crippen LogP contribution is 2.14. The van der Waals surface area contributed by atoms with E-state index in [1.165, 1.54) is 5.56 Å². The SMILES string of the molecule is CC[C@H](C)N(CCO)C(=O)N[C@H]1CCN(Cc2ccccc2)C1. The van der Waals surface area contributed by atoms with Crippen molar-refractivity contribution in [2.24, 2.45) is 0 Å². The topological polar surface area (TPSA) is 55.8 Å². The summed E-state index contributed by atoms with van der Waals surface area (Å²) >= 11 is 0. The Hall–Kier alpha value is -1.59. The predicted molar refractivity (Wildman–Crippen MR) is 92.2 cm³/mol. The molecule has 0 aromatic heterocycles. The van der Waals surface area contributed by atoms with Gasteiger partial charge >= 0.3 is 6.03 Å². The van der Waals surface area contributed by atoms with Crippen LogP contribution in [0.2, 0.25) is 0 Å². The van der Waals surface area contributed by atoms with Crippen LogP contribution in [-0.4, -0.2) is 59.3 Å². The van der Waals surface area contributed by atoms with E-state index in [1.54, 1.807) is 4.90 Å². The van der Waals surface area contributed by atoms with Crippen LogP contribution >= 0.6 is 0 Å². The van der Waals surface area contributed by atoms with Gasteiger partial charge in [-0.1, -0.05) is 37.3 Å². The van der Waals surface area contributed by atoms with Crippen LogP contribution in [0.15, 0.2) is 30.3 Å². The third-order valence-electron chi connectivity index (χ3n) is 4.57. The second-order valence-electron chi connectivity index (χ2n) is 6.33. The minimum atomic E-state index is -0.0556. The van der Waals surface area contributed by atoms with Crippen LogP contribution in [0.5, 0.6) is 0 Å². The van der Waals surface area contributed by atoms with Gasteiger partial charge < -0.3 is 15.3 Å². The van der Waals surface area contributed by atoms with Crippen LogP contribution in [0.3, 0.4) is 0 Å². The van der Waals surface area contributed by atoms with Crippen LogP contribution < -0.4 is 5.32 Å². The van der Waals surface area contributed by atoms with E-state index in [2.05, 4.69) is 41.4 Å². The van der Waals surface area contributed by atoms with E-state index in [0.717, 1.165) is 32.5 Å². The first kappa shape index (κ1) is 17.8. The van der Waals surface area contributed by atoms with E-state index in [9.17, 15) is 4.79 Å². The number of aliphatic hydroxyl groups is 1. The number of nitrogens with zero attached hydrogens (tertiary/aromatic N) is 2. The van der Waals surface area contributed by atoms with E-state index in [-0.39, 0.29) is 24.7 Å². The molecule has 1 aliphatic heterocycles. The third-order valence-corrected chi connectivity index (χ3v) is 4.57. The summed E-state index contributed by atoms with van der Waals surface area (Å²) < 4.78 is 0. The number of amides is 2. The molecule has 1 heterocycles. The number of hydrogen-bond acceptors (Lipinski definition) is 3. The maximum Gasteiger partial charge on any atom is 0.317 e. The van der Waals surface area contributed by atoms with Crippen LogP contribution in [0.4, 0.5) is 4.79 Å². The molecule has 0 bridgehead atoms. The van der Waals surface area contributed by atoms with Gasteiger partial charge in [-0.25, -0.2) is 4.79 Å². The molecule has 2 rings (SSSR count). The summed E-state index contributed by atoms with van der Waals surface area (Å²) in [7, 11) is 0. The Morgan fingerprint density at radius 2 is 2.17 bits per heavy atom. The number of nitrogens with one attached hydrogen (secondary N) is 1. The highest BCUT2D eigenvalue weighted by molar-refractivity contribution is 5.75. The van der Waals surface area contributed by atoms with Crippen molar-refractivity contribution in [2.75, 3.05) is 26.2 Å². The van der Waals surface area contributed by atoms with Gasteiger partial charge in [0.1, 0.15) is 0 Å². The van der Waals surface area contributed by atoms with Crippen LogP contribution in [0.1, 0.15) is 32.3 Å². The largest absolute Gasteiger partial charge is 0.395 e. The van der Waals surface area contributed by atoms with Crippen molar-refractivity contribution < 1.29 is 9.90 Å². The quantitative estimate of drug-likeness (QED) is 0.809. The average molecular weight is 319 g/mol. The molecule has 1 aromatic rings. The van der Waals surface area contributed by atoms with Crippen LogP contribution in [0, 0.1) is 0 Å². The lowest BCUT2D eigenvalue weighted by Gasteiger charge is -2.29. The van der Waals surface area contributed by atoms with E-state index in [4.69, 9.17) is 5.11 Å². The second kappa shape index (κ2) is 8.89. The van der Waals surface area contributed by atoms with Gasteiger partial charge in [-0.05, 0) is 25.3 Å². The number of rotatable bonds is 7. The Labute approximate surface area is 139 Å². The number of likely N-dealkylation sites (tertiary alicyclic amines) is 1. The summed E-state index contributed by atoms with van der Waals surface area (Å²) in [6.45, 7) is 7.28. The van der Waals surface area contributed by atoms with Gasteiger partial charge in [-0.3, -0.25) is 4.90 Å². The molecule has 0 radical (unpaired) electrons. The molecule has 23 heavy (non-hydrogen) atoms. The molecule has 5 heteroatoms. The normalized spacial score (nSPS) is 19.5. The molecule has 0 aliphatic carbocycles. The van der Waals surface area contributed by atoms with E-state index in [0.29, 0.717) is 6.54 Å². The molecule has 1 saturated heterocycles. The molecule has 1 aliphatic rings. The maximum atomic E-state index is 12.4. The van der Waals surface area contributed by atoms with Gasteiger partial charge in [0.25, 0.3) is 0 Å². The van der Waals surface area contributed by atoms with Crippen LogP contribution in [-0.2, 0) is 6.54 Å². The molecule has 0 saturated carbocycles. The lowest BCUT2D eigenvalue weighted by molar-refractivity contribution is 0.152. The number of urea groups is 1. The van der Waals surface area contributed by atoms with Crippen LogP contribution in [0.25, 0.3) is 0 Å². The van der Waals surface area contributed by atoms with Crippen molar-refractivity contribution in [3.8, 4) is 0 Å². The molecule has 2 atom stereocenters. The smallest absolute Gasteiger partial charge is 0.317 e. The summed E-state index contributed by atoms with van der Waals surface area (Å²) in [5.41, 5.74) is 1.31. The van der Waals surface area contributed by atoms with Crippen molar-refractivity contribution in [3.05, 3.63) is 35.9 Å². The van der Waals surface area contributed by atoms with Crippen molar-refractivity contribution in [1.82, 2.24) is 15.1 Å². The summed E-state index contributed by atoms with van der Waals surface area (Å²) in [5, 5.41) is 12.3. The highest BCUT2D eigenvalue weighted by Gasteiger charge is 2.26. The monoisotopic (exact) mass is 319 g/mol. The Balaban J connectivity index is 1.83. The van der Waals surface area contributed by atoms with E-state index < -0.39 is 0 Å². The van der Waals surface area contributed by atoms with Gasteiger partial charge in [0.15, 0.2) is 0 Å². The lowest BCUT2D eigenvalue weighted by Crippen LogP contribution is -2.50. The Bertz CT molecular complexity index is 480. The molecular weight excluding hydrogens is 290 g/mol. The van der Waals surface area contributed by atoms with Gasteiger partial charge in [-0.2, -0.15) is 0 Å². The molecular formula is C18H29N3O2. The minimum Gasteiger partial charge on any atom is -0.395 e. The van der Waals surface area contributed by atoms with Crippen molar-refractivity contribution in [1.29, 1.82) is 0 Å². The lowest BCUT2D eigenvalue weighted by atomic mass is 10.2. The summed E-state index contributed by atoms with van der Waals surface area (Å²) in [6.07, 6.45) is 1.87. The van der Waals surface area contributed by atoms with Gasteiger partial charge in [0.2, 0.25) is 0 Å². The molecule has 1 fully saturated rings. The van der Waals surface area contributed by atoms with Crippen molar-refractivity contribution >= 4 is 6.03 Å². The fourth-order valence-corrected chi connectivity index (χ4v) is 3.04. The highest BCUT2D eigenvalue weighted by atomic mass is 16.3. The van der Waals surface area contributed by atoms with Crippen molar-refractivity contribution in [3.63, 3.8) is 0 Å². The first-order valence-corrected chi connectivity index (χ1v) is 8.58. The Morgan fingerprint density at radius 1 is 1.43 bits per heavy atom. The van der Waals surface area contributed by atoms with Gasteiger partial charge in [0, 0.05) is 38.3 Å². The molecule has 5 nitrogen and oxygen atoms in total. The van der Waals surface area contributed by atoms with E-state index >= 15 is 0 Å². The van der Waals surface area contributed by atoms with Gasteiger partial charge in [-0.15, -0.1) is 0 Å². The van der Waals surface area contributed by atoms with Gasteiger partial charge in [0.05, 0.1) is 6.61 Å². The second-order valence-corrected chi connectivity index (χ2v) is 6.33. The predicted octanol–water partition coefficient (Wildman–Crippen LogP) is 2.06. The zero-order valence-electron chi connectivity index (χ0n) is 14.2. The third kappa shape index (κ3) is 5.22. The first-order chi connectivity index (χ1) is 11.1.